The fourth-order valence-electron chi connectivity index (χ4n) is 2.48. The monoisotopic (exact) mass is 357 g/mol. The molecule has 0 unspecified atom stereocenters. The molecule has 0 spiro atoms. The summed E-state index contributed by atoms with van der Waals surface area (Å²) < 4.78 is 4.10. The first-order chi connectivity index (χ1) is 12.4. The highest BCUT2D eigenvalue weighted by atomic mass is 16.6. The smallest absolute Gasteiger partial charge is 0.390 e. The van der Waals surface area contributed by atoms with E-state index in [2.05, 4.69) is 15.4 Å². The predicted octanol–water partition coefficient (Wildman–Crippen LogP) is 0.623. The molecule has 0 saturated carbocycles. The van der Waals surface area contributed by atoms with Crippen LogP contribution in [0.4, 0.5) is 11.6 Å². The molecule has 3 rings (SSSR count). The van der Waals surface area contributed by atoms with Crippen LogP contribution >= 0.6 is 0 Å². The van der Waals surface area contributed by atoms with Crippen LogP contribution in [0.25, 0.3) is 5.69 Å². The molecule has 26 heavy (non-hydrogen) atoms. The highest BCUT2D eigenvalue weighted by Crippen LogP contribution is 2.14. The Hall–Kier alpha value is -3.76. The number of hydrogen-bond acceptors (Lipinski definition) is 6. The van der Waals surface area contributed by atoms with Crippen LogP contribution in [-0.2, 0) is 18.4 Å². The molecule has 1 N–H and O–H groups in total. The van der Waals surface area contributed by atoms with Crippen molar-refractivity contribution in [3.05, 3.63) is 62.8 Å². The average Bonchev–Trinajstić information content (AvgIpc) is 3.15. The molecule has 0 atom stereocenters. The van der Waals surface area contributed by atoms with Crippen molar-refractivity contribution in [2.75, 3.05) is 5.32 Å². The Balaban J connectivity index is 1.85. The van der Waals surface area contributed by atoms with E-state index in [-0.39, 0.29) is 17.8 Å². The third-order valence-corrected chi connectivity index (χ3v) is 3.81. The molecule has 0 aliphatic rings. The SMILES string of the molecule is Cc1c(NC(=O)Cn2cnc([N+](=O)[O-])n2)c(=O)n(-c2ccccc2)n1C. The van der Waals surface area contributed by atoms with Gasteiger partial charge in [-0.1, -0.05) is 23.2 Å². The van der Waals surface area contributed by atoms with Crippen molar-refractivity contribution in [1.29, 1.82) is 0 Å². The van der Waals surface area contributed by atoms with Gasteiger partial charge < -0.3 is 15.4 Å². The number of carbonyl (C=O) groups excluding carboxylic acids is 1. The van der Waals surface area contributed by atoms with Gasteiger partial charge in [0.1, 0.15) is 12.2 Å². The second kappa shape index (κ2) is 6.63. The number of nitrogens with one attached hydrogen (secondary N) is 1. The number of para-hydroxylation sites is 1. The van der Waals surface area contributed by atoms with Crippen LogP contribution in [0.15, 0.2) is 41.5 Å². The summed E-state index contributed by atoms with van der Waals surface area (Å²) in [5.74, 6) is -1.14. The number of nitrogens with zero attached hydrogens (tertiary/aromatic N) is 6. The lowest BCUT2D eigenvalue weighted by Gasteiger charge is -2.07. The lowest BCUT2D eigenvalue weighted by atomic mass is 10.3. The zero-order valence-electron chi connectivity index (χ0n) is 14.0. The first kappa shape index (κ1) is 17.1. The fraction of sp³-hybridized carbons (Fsp3) is 0.200. The van der Waals surface area contributed by atoms with Gasteiger partial charge in [-0.25, -0.2) is 4.68 Å². The third kappa shape index (κ3) is 3.09. The van der Waals surface area contributed by atoms with E-state index in [1.54, 1.807) is 42.9 Å². The molecular weight excluding hydrogens is 342 g/mol. The number of amides is 1. The van der Waals surface area contributed by atoms with Gasteiger partial charge in [0, 0.05) is 12.1 Å². The summed E-state index contributed by atoms with van der Waals surface area (Å²) in [5.41, 5.74) is 0.984. The van der Waals surface area contributed by atoms with Gasteiger partial charge >= 0.3 is 5.95 Å². The predicted molar refractivity (Wildman–Crippen MR) is 91.1 cm³/mol. The molecule has 0 bridgehead atoms. The molecule has 0 saturated heterocycles. The van der Waals surface area contributed by atoms with E-state index in [0.29, 0.717) is 11.4 Å². The Morgan fingerprint density at radius 1 is 1.31 bits per heavy atom. The van der Waals surface area contributed by atoms with Gasteiger partial charge in [-0.2, -0.15) is 4.68 Å². The van der Waals surface area contributed by atoms with Gasteiger partial charge in [0.25, 0.3) is 5.56 Å². The minimum Gasteiger partial charge on any atom is -0.390 e. The van der Waals surface area contributed by atoms with Gasteiger partial charge in [0.15, 0.2) is 0 Å². The highest BCUT2D eigenvalue weighted by molar-refractivity contribution is 5.90. The fourth-order valence-corrected chi connectivity index (χ4v) is 2.48. The van der Waals surface area contributed by atoms with Crippen LogP contribution in [0, 0.1) is 17.0 Å². The zero-order chi connectivity index (χ0) is 18.8. The van der Waals surface area contributed by atoms with Crippen LogP contribution in [-0.4, -0.2) is 35.0 Å². The maximum atomic E-state index is 12.7. The number of anilines is 1. The Morgan fingerprint density at radius 2 is 2.00 bits per heavy atom. The quantitative estimate of drug-likeness (QED) is 0.526. The molecule has 1 aromatic carbocycles. The van der Waals surface area contributed by atoms with Crippen LogP contribution < -0.4 is 10.9 Å². The molecular formula is C15H15N7O4. The van der Waals surface area contributed by atoms with Crippen molar-refractivity contribution >= 4 is 17.5 Å². The summed E-state index contributed by atoms with van der Waals surface area (Å²) in [6.07, 6.45) is 1.08. The standard InChI is InChI=1S/C15H15N7O4/c1-10-13(14(24)21(19(10)2)11-6-4-3-5-7-11)17-12(23)8-20-9-16-15(18-20)22(25)26/h3-7,9H,8H2,1-2H3,(H,17,23). The van der Waals surface area contributed by atoms with Crippen LogP contribution in [0.2, 0.25) is 0 Å². The van der Waals surface area contributed by atoms with Gasteiger partial charge in [0.2, 0.25) is 12.2 Å². The molecule has 11 nitrogen and oxygen atoms in total. The largest absolute Gasteiger partial charge is 0.490 e. The van der Waals surface area contributed by atoms with E-state index < -0.39 is 16.8 Å². The van der Waals surface area contributed by atoms with Crippen LogP contribution in [0.1, 0.15) is 5.69 Å². The van der Waals surface area contributed by atoms with E-state index in [4.69, 9.17) is 0 Å². The highest BCUT2D eigenvalue weighted by Gasteiger charge is 2.20. The Kier molecular flexibility index (Phi) is 4.35. The molecule has 2 aromatic heterocycles. The van der Waals surface area contributed by atoms with Crippen molar-refractivity contribution in [1.82, 2.24) is 24.1 Å². The van der Waals surface area contributed by atoms with Crippen molar-refractivity contribution in [2.24, 2.45) is 7.05 Å². The lowest BCUT2D eigenvalue weighted by Crippen LogP contribution is -2.25. The molecule has 0 fully saturated rings. The minimum atomic E-state index is -0.756. The number of nitro groups is 1. The molecule has 0 aliphatic heterocycles. The summed E-state index contributed by atoms with van der Waals surface area (Å²) in [6.45, 7) is 1.40. The van der Waals surface area contributed by atoms with E-state index in [1.807, 2.05) is 6.07 Å². The van der Waals surface area contributed by atoms with Crippen molar-refractivity contribution in [3.8, 4) is 5.69 Å². The molecule has 3 aromatic rings. The Labute approximate surface area is 146 Å². The van der Waals surface area contributed by atoms with Crippen molar-refractivity contribution in [3.63, 3.8) is 0 Å². The molecule has 11 heteroatoms. The van der Waals surface area contributed by atoms with Crippen LogP contribution in [0.3, 0.4) is 0 Å². The normalized spacial score (nSPS) is 10.7. The van der Waals surface area contributed by atoms with E-state index in [1.165, 1.54) is 4.68 Å². The van der Waals surface area contributed by atoms with Gasteiger partial charge in [-0.3, -0.25) is 14.3 Å². The third-order valence-electron chi connectivity index (χ3n) is 3.81. The average molecular weight is 357 g/mol. The lowest BCUT2D eigenvalue weighted by molar-refractivity contribution is -0.394. The summed E-state index contributed by atoms with van der Waals surface area (Å²) >= 11 is 0. The summed E-state index contributed by atoms with van der Waals surface area (Å²) in [7, 11) is 1.71. The zero-order valence-corrected chi connectivity index (χ0v) is 14.0. The van der Waals surface area contributed by atoms with E-state index >= 15 is 0 Å². The molecule has 1 amide bonds. The summed E-state index contributed by atoms with van der Waals surface area (Å²) in [5, 5.41) is 16.7. The number of hydrogen-bond donors (Lipinski definition) is 1. The van der Waals surface area contributed by atoms with Gasteiger partial charge in [0.05, 0.1) is 11.4 Å². The Morgan fingerprint density at radius 3 is 2.62 bits per heavy atom. The van der Waals surface area contributed by atoms with Crippen molar-refractivity contribution in [2.45, 2.75) is 13.5 Å². The number of carbonyl (C=O) groups is 1. The van der Waals surface area contributed by atoms with Crippen molar-refractivity contribution < 1.29 is 9.72 Å². The summed E-state index contributed by atoms with van der Waals surface area (Å²) in [4.78, 5) is 38.2. The molecule has 2 heterocycles. The first-order valence-electron chi connectivity index (χ1n) is 7.56. The minimum absolute atomic E-state index is 0.135. The topological polar surface area (TPSA) is 130 Å². The van der Waals surface area contributed by atoms with Gasteiger partial charge in [-0.15, -0.1) is 0 Å². The first-order valence-corrected chi connectivity index (χ1v) is 7.56. The van der Waals surface area contributed by atoms with E-state index in [0.717, 1.165) is 11.0 Å². The molecule has 134 valence electrons. The second-order valence-electron chi connectivity index (χ2n) is 5.48. The number of rotatable bonds is 5. The number of aromatic nitrogens is 5. The van der Waals surface area contributed by atoms with E-state index in [9.17, 15) is 19.7 Å². The van der Waals surface area contributed by atoms with Crippen LogP contribution in [0.5, 0.6) is 0 Å². The maximum absolute atomic E-state index is 12.7. The maximum Gasteiger partial charge on any atom is 0.490 e. The molecule has 0 radical (unpaired) electrons. The second-order valence-corrected chi connectivity index (χ2v) is 5.48. The number of benzene rings is 1. The Bertz CT molecular complexity index is 1030. The van der Waals surface area contributed by atoms with Gasteiger partial charge in [-0.05, 0) is 24.0 Å². The summed E-state index contributed by atoms with van der Waals surface area (Å²) in [6, 6.07) is 9.01. The molecule has 0 aliphatic carbocycles.